The molecule has 1 amide bonds. The maximum Gasteiger partial charge on any atom is 0.279 e. The number of carbonyl (C=O) groups excluding carboxylic acids is 2. The number of hydrogen-bond acceptors (Lipinski definition) is 7. The maximum absolute atomic E-state index is 12.9. The van der Waals surface area contributed by atoms with E-state index in [0.29, 0.717) is 29.5 Å². The molecule has 1 aliphatic rings. The number of anilines is 1. The molecule has 0 radical (unpaired) electrons. The van der Waals surface area contributed by atoms with Gasteiger partial charge < -0.3 is 24.1 Å². The first-order chi connectivity index (χ1) is 14.4. The van der Waals surface area contributed by atoms with Gasteiger partial charge in [0.25, 0.3) is 5.91 Å². The Bertz CT molecular complexity index is 1000. The van der Waals surface area contributed by atoms with E-state index in [1.165, 1.54) is 4.90 Å². The Morgan fingerprint density at radius 1 is 1.13 bits per heavy atom. The van der Waals surface area contributed by atoms with Crippen molar-refractivity contribution in [2.75, 3.05) is 25.2 Å². The number of carbonyl (C=O) groups is 2. The number of hydrogen-bond donors (Lipinski definition) is 0. The third-order valence-corrected chi connectivity index (χ3v) is 4.50. The molecule has 0 fully saturated rings. The van der Waals surface area contributed by atoms with Crippen LogP contribution < -0.4 is 24.2 Å². The van der Waals surface area contributed by atoms with Crippen LogP contribution in [0.3, 0.4) is 0 Å². The van der Waals surface area contributed by atoms with E-state index < -0.39 is 12.6 Å². The van der Waals surface area contributed by atoms with Gasteiger partial charge in [-0.05, 0) is 61.1 Å². The second-order valence-electron chi connectivity index (χ2n) is 6.23. The van der Waals surface area contributed by atoms with E-state index in [9.17, 15) is 14.7 Å². The number of aliphatic carboxylic acids is 1. The second kappa shape index (κ2) is 9.36. The summed E-state index contributed by atoms with van der Waals surface area (Å²) in [4.78, 5) is 29.1. The molecule has 0 bridgehead atoms. The van der Waals surface area contributed by atoms with Gasteiger partial charge in [-0.3, -0.25) is 9.69 Å². The number of benzene rings is 2. The Morgan fingerprint density at radius 2 is 1.87 bits per heavy atom. The third-order valence-electron chi connectivity index (χ3n) is 4.23. The summed E-state index contributed by atoms with van der Waals surface area (Å²) in [6, 6.07) is 11.9. The molecule has 0 spiro atoms. The van der Waals surface area contributed by atoms with Gasteiger partial charge in [-0.15, -0.1) is 0 Å². The number of aliphatic imine (C=N–C) groups is 1. The van der Waals surface area contributed by atoms with Crippen LogP contribution in [0.5, 0.6) is 17.2 Å². The van der Waals surface area contributed by atoms with Crippen LogP contribution in [0.15, 0.2) is 47.5 Å². The first-order valence-corrected chi connectivity index (χ1v) is 9.52. The Labute approximate surface area is 178 Å². The average Bonchev–Trinajstić information content (AvgIpc) is 3.00. The molecular weight excluding hydrogens is 408 g/mol. The number of carboxylic acid groups (broad SMARTS) is 1. The standard InChI is InChI=1S/C21H20N2O6S/c1-3-28-18-11-13(4-9-17(18)29-12-19(24)25)10-16-20(26)23(21(30)22-16)14-5-7-15(27-2)8-6-14/h4-9,11H,3,10,12H2,1-2H3,(H,24,25)/p-1. The maximum atomic E-state index is 12.9. The van der Waals surface area contributed by atoms with Crippen LogP contribution in [0.25, 0.3) is 0 Å². The molecule has 0 saturated carbocycles. The zero-order valence-corrected chi connectivity index (χ0v) is 17.2. The van der Waals surface area contributed by atoms with E-state index >= 15 is 0 Å². The molecule has 0 N–H and O–H groups in total. The number of rotatable bonds is 9. The fraction of sp³-hybridized carbons (Fsp3) is 0.238. The highest BCUT2D eigenvalue weighted by Gasteiger charge is 2.31. The van der Waals surface area contributed by atoms with Crippen LogP contribution in [-0.4, -0.2) is 43.0 Å². The summed E-state index contributed by atoms with van der Waals surface area (Å²) in [6.45, 7) is 1.57. The molecule has 2 aromatic carbocycles. The summed E-state index contributed by atoms with van der Waals surface area (Å²) in [6.07, 6.45) is 0.229. The number of carboxylic acids is 1. The lowest BCUT2D eigenvalue weighted by Crippen LogP contribution is -2.33. The second-order valence-corrected chi connectivity index (χ2v) is 6.60. The molecule has 0 aromatic heterocycles. The van der Waals surface area contributed by atoms with Gasteiger partial charge in [0.1, 0.15) is 18.1 Å². The molecular formula is C21H19N2O6S-. The van der Waals surface area contributed by atoms with Crippen LogP contribution in [0.2, 0.25) is 0 Å². The SMILES string of the molecule is CCOc1cc(CC2=NC(=S)N(c3ccc(OC)cc3)C2=O)ccc1OCC(=O)[O-]. The van der Waals surface area contributed by atoms with Crippen molar-refractivity contribution in [3.63, 3.8) is 0 Å². The molecule has 0 atom stereocenters. The van der Waals surface area contributed by atoms with E-state index in [2.05, 4.69) is 4.99 Å². The zero-order chi connectivity index (χ0) is 21.7. The van der Waals surface area contributed by atoms with Crippen molar-refractivity contribution < 1.29 is 28.9 Å². The number of methoxy groups -OCH3 is 1. The molecule has 0 saturated heterocycles. The lowest BCUT2D eigenvalue weighted by atomic mass is 10.1. The first kappa shape index (κ1) is 21.3. The highest BCUT2D eigenvalue weighted by molar-refractivity contribution is 7.80. The summed E-state index contributed by atoms with van der Waals surface area (Å²) < 4.78 is 15.8. The van der Waals surface area contributed by atoms with Gasteiger partial charge in [-0.1, -0.05) is 6.07 Å². The van der Waals surface area contributed by atoms with Crippen LogP contribution in [0.4, 0.5) is 5.69 Å². The lowest BCUT2D eigenvalue weighted by molar-refractivity contribution is -0.307. The Morgan fingerprint density at radius 3 is 2.50 bits per heavy atom. The fourth-order valence-electron chi connectivity index (χ4n) is 2.88. The molecule has 0 aliphatic carbocycles. The molecule has 1 heterocycles. The van der Waals surface area contributed by atoms with Crippen molar-refractivity contribution >= 4 is 40.6 Å². The Kier molecular flexibility index (Phi) is 6.63. The predicted octanol–water partition coefficient (Wildman–Crippen LogP) is 1.54. The van der Waals surface area contributed by atoms with Crippen molar-refractivity contribution in [1.29, 1.82) is 0 Å². The minimum Gasteiger partial charge on any atom is -0.546 e. The molecule has 9 heteroatoms. The smallest absolute Gasteiger partial charge is 0.279 e. The van der Waals surface area contributed by atoms with Crippen molar-refractivity contribution in [1.82, 2.24) is 0 Å². The monoisotopic (exact) mass is 427 g/mol. The van der Waals surface area contributed by atoms with Gasteiger partial charge >= 0.3 is 0 Å². The van der Waals surface area contributed by atoms with Crippen molar-refractivity contribution in [2.24, 2.45) is 4.99 Å². The normalized spacial score (nSPS) is 13.3. The molecule has 0 unspecified atom stereocenters. The summed E-state index contributed by atoms with van der Waals surface area (Å²) >= 11 is 5.28. The lowest BCUT2D eigenvalue weighted by Gasteiger charge is -2.16. The number of ether oxygens (including phenoxy) is 3. The van der Waals surface area contributed by atoms with Crippen molar-refractivity contribution in [2.45, 2.75) is 13.3 Å². The summed E-state index contributed by atoms with van der Waals surface area (Å²) in [5.74, 6) is -0.321. The van der Waals surface area contributed by atoms with Gasteiger partial charge in [0, 0.05) is 6.42 Å². The quantitative estimate of drug-likeness (QED) is 0.560. The van der Waals surface area contributed by atoms with E-state index in [1.807, 2.05) is 0 Å². The van der Waals surface area contributed by atoms with Crippen LogP contribution in [0.1, 0.15) is 12.5 Å². The van der Waals surface area contributed by atoms with Crippen LogP contribution >= 0.6 is 12.2 Å². The molecule has 3 rings (SSSR count). The van der Waals surface area contributed by atoms with Gasteiger partial charge in [0.05, 0.1) is 25.4 Å². The largest absolute Gasteiger partial charge is 0.546 e. The summed E-state index contributed by atoms with van der Waals surface area (Å²) in [5, 5.41) is 10.8. The van der Waals surface area contributed by atoms with Crippen molar-refractivity contribution in [3.05, 3.63) is 48.0 Å². The third kappa shape index (κ3) is 4.74. The minimum absolute atomic E-state index is 0.166. The van der Waals surface area contributed by atoms with Gasteiger partial charge in [0.2, 0.25) is 5.11 Å². The highest BCUT2D eigenvalue weighted by atomic mass is 32.1. The molecule has 156 valence electrons. The first-order valence-electron chi connectivity index (χ1n) is 9.11. The molecule has 2 aromatic rings. The predicted molar refractivity (Wildman–Crippen MR) is 112 cm³/mol. The van der Waals surface area contributed by atoms with Crippen molar-refractivity contribution in [3.8, 4) is 17.2 Å². The molecule has 8 nitrogen and oxygen atoms in total. The van der Waals surface area contributed by atoms with E-state index in [4.69, 9.17) is 26.4 Å². The average molecular weight is 427 g/mol. The summed E-state index contributed by atoms with van der Waals surface area (Å²) in [7, 11) is 1.56. The van der Waals surface area contributed by atoms with Gasteiger partial charge in [-0.25, -0.2) is 4.99 Å². The summed E-state index contributed by atoms with van der Waals surface area (Å²) in [5.41, 5.74) is 1.64. The molecule has 1 aliphatic heterocycles. The zero-order valence-electron chi connectivity index (χ0n) is 16.4. The number of thiocarbonyl (C=S) groups is 1. The molecule has 30 heavy (non-hydrogen) atoms. The van der Waals surface area contributed by atoms with Crippen LogP contribution in [0, 0.1) is 0 Å². The Balaban J connectivity index is 1.77. The number of nitrogens with zero attached hydrogens (tertiary/aromatic N) is 2. The van der Waals surface area contributed by atoms with Crippen LogP contribution in [-0.2, 0) is 16.0 Å². The highest BCUT2D eigenvalue weighted by Crippen LogP contribution is 2.30. The Hall–Kier alpha value is -3.46. The fourth-order valence-corrected chi connectivity index (χ4v) is 3.18. The van der Waals surface area contributed by atoms with E-state index in [-0.39, 0.29) is 23.2 Å². The minimum atomic E-state index is -1.33. The van der Waals surface area contributed by atoms with Gasteiger partial charge in [-0.2, -0.15) is 0 Å². The van der Waals surface area contributed by atoms with E-state index in [0.717, 1.165) is 5.56 Å². The topological polar surface area (TPSA) is 100 Å². The van der Waals surface area contributed by atoms with Gasteiger partial charge in [0.15, 0.2) is 11.5 Å². The van der Waals surface area contributed by atoms with E-state index in [1.54, 1.807) is 56.5 Å². The number of amides is 1.